The number of benzene rings is 3. The predicted molar refractivity (Wildman–Crippen MR) is 154 cm³/mol. The quantitative estimate of drug-likeness (QED) is 0.171. The van der Waals surface area contributed by atoms with Crippen LogP contribution in [-0.2, 0) is 13.0 Å². The number of para-hydroxylation sites is 3. The van der Waals surface area contributed by atoms with E-state index in [1.165, 1.54) is 11.1 Å². The minimum absolute atomic E-state index is 0.0265. The van der Waals surface area contributed by atoms with Crippen LogP contribution in [0, 0.1) is 0 Å². The van der Waals surface area contributed by atoms with E-state index in [1.54, 1.807) is 0 Å². The summed E-state index contributed by atoms with van der Waals surface area (Å²) < 4.78 is 9.42. The van der Waals surface area contributed by atoms with Crippen molar-refractivity contribution in [1.82, 2.24) is 14.9 Å². The van der Waals surface area contributed by atoms with Crippen molar-refractivity contribution in [3.05, 3.63) is 94.2 Å². The molecule has 37 heavy (non-hydrogen) atoms. The first-order chi connectivity index (χ1) is 18.0. The molecule has 0 aliphatic carbocycles. The lowest BCUT2D eigenvalue weighted by Crippen LogP contribution is -2.24. The van der Waals surface area contributed by atoms with Crippen LogP contribution in [0.2, 0.25) is 0 Å². The summed E-state index contributed by atoms with van der Waals surface area (Å²) in [6.45, 7) is 6.62. The number of aryl methyl sites for hydroxylation is 2. The largest absolute Gasteiger partial charge is 0.493 e. The number of amides is 1. The van der Waals surface area contributed by atoms with Gasteiger partial charge < -0.3 is 14.6 Å². The first-order valence-electron chi connectivity index (χ1n) is 13.2. The van der Waals surface area contributed by atoms with Crippen LogP contribution in [0.15, 0.2) is 77.3 Å². The van der Waals surface area contributed by atoms with Gasteiger partial charge in [0.15, 0.2) is 0 Å². The zero-order valence-corrected chi connectivity index (χ0v) is 23.3. The monoisotopic (exact) mass is 561 g/mol. The molecule has 194 valence electrons. The van der Waals surface area contributed by atoms with E-state index in [4.69, 9.17) is 9.72 Å². The van der Waals surface area contributed by atoms with Crippen LogP contribution in [0.25, 0.3) is 11.0 Å². The van der Waals surface area contributed by atoms with Crippen molar-refractivity contribution >= 4 is 32.9 Å². The topological polar surface area (TPSA) is 56.1 Å². The normalized spacial score (nSPS) is 11.2. The first-order valence-corrected chi connectivity index (χ1v) is 14.0. The summed E-state index contributed by atoms with van der Waals surface area (Å²) in [5.74, 6) is 2.53. The summed E-state index contributed by atoms with van der Waals surface area (Å²) in [6, 6.07) is 24.1. The summed E-state index contributed by atoms with van der Waals surface area (Å²) >= 11 is 3.42. The Hall–Kier alpha value is -3.12. The number of carbonyl (C=O) groups excluding carboxylic acids is 1. The number of nitrogens with one attached hydrogen (secondary N) is 1. The highest BCUT2D eigenvalue weighted by atomic mass is 79.9. The van der Waals surface area contributed by atoms with E-state index in [2.05, 4.69) is 76.1 Å². The third kappa shape index (κ3) is 7.45. The highest BCUT2D eigenvalue weighted by Crippen LogP contribution is 2.26. The number of halogens is 1. The molecule has 0 aliphatic heterocycles. The Morgan fingerprint density at radius 2 is 1.78 bits per heavy atom. The maximum absolute atomic E-state index is 12.3. The summed E-state index contributed by atoms with van der Waals surface area (Å²) in [7, 11) is 0. The second-order valence-electron chi connectivity index (χ2n) is 9.64. The van der Waals surface area contributed by atoms with Gasteiger partial charge in [-0.05, 0) is 67.1 Å². The minimum Gasteiger partial charge on any atom is -0.493 e. The van der Waals surface area contributed by atoms with Gasteiger partial charge in [0.2, 0.25) is 0 Å². The molecule has 1 heterocycles. The number of fused-ring (bicyclic) bond motifs is 1. The number of hydrogen-bond donors (Lipinski definition) is 1. The molecular weight excluding hydrogens is 526 g/mol. The van der Waals surface area contributed by atoms with Gasteiger partial charge in [0, 0.05) is 29.5 Å². The number of aromatic nitrogens is 2. The molecule has 0 unspecified atom stereocenters. The zero-order chi connectivity index (χ0) is 26.0. The van der Waals surface area contributed by atoms with Gasteiger partial charge >= 0.3 is 0 Å². The Morgan fingerprint density at radius 1 is 0.973 bits per heavy atom. The van der Waals surface area contributed by atoms with Gasteiger partial charge in [0.05, 0.1) is 17.6 Å². The maximum atomic E-state index is 12.3. The molecule has 0 fully saturated rings. The molecule has 1 amide bonds. The van der Waals surface area contributed by atoms with Gasteiger partial charge in [-0.2, -0.15) is 0 Å². The smallest absolute Gasteiger partial charge is 0.251 e. The molecule has 5 nitrogen and oxygen atoms in total. The maximum Gasteiger partial charge on any atom is 0.251 e. The highest BCUT2D eigenvalue weighted by molar-refractivity contribution is 9.10. The molecule has 0 saturated heterocycles. The Morgan fingerprint density at radius 3 is 2.62 bits per heavy atom. The van der Waals surface area contributed by atoms with E-state index in [9.17, 15) is 4.79 Å². The lowest BCUT2D eigenvalue weighted by atomic mass is 10.0. The van der Waals surface area contributed by atoms with E-state index in [-0.39, 0.29) is 5.91 Å². The van der Waals surface area contributed by atoms with Crippen LogP contribution in [0.5, 0.6) is 5.75 Å². The van der Waals surface area contributed by atoms with Gasteiger partial charge in [-0.3, -0.25) is 4.79 Å². The van der Waals surface area contributed by atoms with E-state index < -0.39 is 0 Å². The predicted octanol–water partition coefficient (Wildman–Crippen LogP) is 7.53. The van der Waals surface area contributed by atoms with Crippen molar-refractivity contribution < 1.29 is 9.53 Å². The first kappa shape index (κ1) is 26.9. The molecule has 0 bridgehead atoms. The molecule has 0 aliphatic rings. The Balaban J connectivity index is 1.26. The molecule has 0 atom stereocenters. The fourth-order valence-electron chi connectivity index (χ4n) is 4.58. The number of unbranched alkanes of at least 4 members (excludes halogenated alkanes) is 2. The van der Waals surface area contributed by atoms with Crippen molar-refractivity contribution in [2.24, 2.45) is 0 Å². The third-order valence-electron chi connectivity index (χ3n) is 6.51. The number of nitrogens with zero attached hydrogens (tertiary/aromatic N) is 2. The molecule has 4 rings (SSSR count). The van der Waals surface area contributed by atoms with E-state index in [0.717, 1.165) is 60.2 Å². The molecule has 0 spiro atoms. The fourth-order valence-corrected chi connectivity index (χ4v) is 4.98. The average molecular weight is 563 g/mol. The molecule has 1 N–H and O–H groups in total. The second-order valence-corrected chi connectivity index (χ2v) is 10.6. The van der Waals surface area contributed by atoms with Crippen molar-refractivity contribution in [2.45, 2.75) is 58.4 Å². The summed E-state index contributed by atoms with van der Waals surface area (Å²) in [5.41, 5.74) is 4.16. The van der Waals surface area contributed by atoms with Crippen molar-refractivity contribution in [2.75, 3.05) is 13.2 Å². The molecule has 6 heteroatoms. The van der Waals surface area contributed by atoms with Crippen LogP contribution in [-0.4, -0.2) is 28.6 Å². The van der Waals surface area contributed by atoms with Gasteiger partial charge in [-0.15, -0.1) is 0 Å². The van der Waals surface area contributed by atoms with Crippen LogP contribution in [0.4, 0.5) is 0 Å². The average Bonchev–Trinajstić information content (AvgIpc) is 3.25. The van der Waals surface area contributed by atoms with E-state index >= 15 is 0 Å². The number of imidazole rings is 1. The number of carbonyl (C=O) groups is 1. The lowest BCUT2D eigenvalue weighted by molar-refractivity contribution is 0.0953. The van der Waals surface area contributed by atoms with Gasteiger partial charge in [0.25, 0.3) is 5.91 Å². The van der Waals surface area contributed by atoms with E-state index in [0.29, 0.717) is 24.6 Å². The van der Waals surface area contributed by atoms with Crippen LogP contribution < -0.4 is 10.1 Å². The van der Waals surface area contributed by atoms with Gasteiger partial charge in [-0.25, -0.2) is 4.98 Å². The number of ether oxygens (including phenoxy) is 1. The van der Waals surface area contributed by atoms with Crippen molar-refractivity contribution in [3.63, 3.8) is 0 Å². The molecule has 3 aromatic carbocycles. The lowest BCUT2D eigenvalue weighted by Gasteiger charge is -2.14. The fraction of sp³-hybridized carbons (Fsp3) is 0.355. The highest BCUT2D eigenvalue weighted by Gasteiger charge is 2.11. The SMILES string of the molecule is CC(C)c1ccccc1OCCCn1c(CCCCCNC(=O)c2cccc(Br)c2)nc2ccccc21. The van der Waals surface area contributed by atoms with Crippen molar-refractivity contribution in [1.29, 1.82) is 0 Å². The van der Waals surface area contributed by atoms with Gasteiger partial charge in [0.1, 0.15) is 11.6 Å². The second kappa shape index (κ2) is 13.4. The molecule has 0 radical (unpaired) electrons. The molecule has 1 aromatic heterocycles. The summed E-state index contributed by atoms with van der Waals surface area (Å²) in [6.07, 6.45) is 4.86. The van der Waals surface area contributed by atoms with Crippen LogP contribution in [0.1, 0.15) is 67.2 Å². The zero-order valence-electron chi connectivity index (χ0n) is 21.8. The Kier molecular flexibility index (Phi) is 9.78. The van der Waals surface area contributed by atoms with Gasteiger partial charge in [-0.1, -0.05) is 72.6 Å². The number of rotatable bonds is 13. The third-order valence-corrected chi connectivity index (χ3v) is 7.00. The number of hydrogen-bond acceptors (Lipinski definition) is 3. The van der Waals surface area contributed by atoms with Crippen LogP contribution >= 0.6 is 15.9 Å². The Bertz CT molecular complexity index is 1310. The summed E-state index contributed by atoms with van der Waals surface area (Å²) in [4.78, 5) is 17.2. The summed E-state index contributed by atoms with van der Waals surface area (Å²) in [5, 5.41) is 3.02. The van der Waals surface area contributed by atoms with Crippen LogP contribution in [0.3, 0.4) is 0 Å². The minimum atomic E-state index is -0.0265. The van der Waals surface area contributed by atoms with Crippen molar-refractivity contribution in [3.8, 4) is 5.75 Å². The molecular formula is C31H36BrN3O2. The Labute approximate surface area is 228 Å². The van der Waals surface area contributed by atoms with E-state index in [1.807, 2.05) is 36.4 Å². The standard InChI is InChI=1S/C31H36BrN3O2/c1-23(2)26-14-5-8-17-29(26)37-21-11-20-35-28-16-7-6-15-27(28)34-30(35)18-4-3-9-19-33-31(36)24-12-10-13-25(32)22-24/h5-8,10,12-17,22-23H,3-4,9,11,18-21H2,1-2H3,(H,33,36). The molecule has 4 aromatic rings. The molecule has 0 saturated carbocycles.